The number of rotatable bonds is 76. The Balaban J connectivity index is 3.93. The van der Waals surface area contributed by atoms with Crippen molar-refractivity contribution in [2.75, 3.05) is 47.5 Å². The number of hydrogen-bond acceptors (Lipinski definition) is 8. The Kier molecular flexibility index (Phi) is 70.3. The number of carboxylic acids is 1. The summed E-state index contributed by atoms with van der Waals surface area (Å²) in [7, 11) is 5.95. The van der Waals surface area contributed by atoms with E-state index in [0.29, 0.717) is 17.4 Å². The van der Waals surface area contributed by atoms with Gasteiger partial charge in [-0.2, -0.15) is 0 Å². The molecule has 0 aliphatic heterocycles. The van der Waals surface area contributed by atoms with Crippen molar-refractivity contribution in [2.24, 2.45) is 0 Å². The fraction of sp³-hybridized carbons (Fsp3) is 0.938. The fourth-order valence-electron chi connectivity index (χ4n) is 12.4. The third-order valence-corrected chi connectivity index (χ3v) is 18.5. The van der Waals surface area contributed by atoms with Gasteiger partial charge in [-0.05, 0) is 38.5 Å². The molecule has 528 valence electrons. The van der Waals surface area contributed by atoms with E-state index < -0.39 is 24.3 Å². The predicted molar refractivity (Wildman–Crippen MR) is 380 cm³/mol. The zero-order valence-electron chi connectivity index (χ0n) is 60.6. The molecule has 0 aliphatic carbocycles. The van der Waals surface area contributed by atoms with Crippen LogP contribution in [-0.2, 0) is 33.3 Å². The summed E-state index contributed by atoms with van der Waals surface area (Å²) in [6.45, 7) is 4.84. The van der Waals surface area contributed by atoms with Crippen molar-refractivity contribution in [2.45, 2.75) is 437 Å². The molecule has 0 bridgehead atoms. The lowest BCUT2D eigenvalue weighted by Gasteiger charge is -2.26. The van der Waals surface area contributed by atoms with Crippen LogP contribution in [0.25, 0.3) is 0 Å². The lowest BCUT2D eigenvalue weighted by Crippen LogP contribution is -2.44. The van der Waals surface area contributed by atoms with Gasteiger partial charge in [-0.15, -0.1) is 0 Å². The molecule has 0 heterocycles. The highest BCUT2D eigenvalue weighted by molar-refractivity contribution is 5.70. The van der Waals surface area contributed by atoms with E-state index in [1.54, 1.807) is 0 Å². The number of esters is 2. The van der Waals surface area contributed by atoms with Crippen LogP contribution in [-0.4, -0.2) is 82.3 Å². The molecule has 0 aromatic heterocycles. The van der Waals surface area contributed by atoms with E-state index in [4.69, 9.17) is 18.9 Å². The number of unbranched alkanes of at least 4 members (excludes halogenated alkanes) is 59. The number of quaternary nitrogens is 1. The molecule has 0 saturated carbocycles. The van der Waals surface area contributed by atoms with Gasteiger partial charge in [-0.1, -0.05) is 386 Å². The topological polar surface area (TPSA) is 111 Å². The molecule has 0 N–H and O–H groups in total. The molecule has 0 radical (unpaired) electrons. The highest BCUT2D eigenvalue weighted by atomic mass is 16.7. The summed E-state index contributed by atoms with van der Waals surface area (Å²) in [5.74, 6) is -2.24. The lowest BCUT2D eigenvalue weighted by molar-refractivity contribution is -0.870. The molecule has 0 amide bonds. The summed E-state index contributed by atoms with van der Waals surface area (Å²) in [6.07, 6.45) is 86.3. The average molecular weight is 1260 g/mol. The number of carbonyl (C=O) groups excluding carboxylic acids is 3. The fourth-order valence-corrected chi connectivity index (χ4v) is 12.4. The van der Waals surface area contributed by atoms with Crippen molar-refractivity contribution < 1.29 is 42.9 Å². The number of nitrogens with zero attached hydrogens (tertiary/aromatic N) is 1. The average Bonchev–Trinajstić information content (AvgIpc) is 3.64. The van der Waals surface area contributed by atoms with Crippen molar-refractivity contribution >= 4 is 17.9 Å². The molecule has 0 aromatic carbocycles. The van der Waals surface area contributed by atoms with E-state index in [1.807, 2.05) is 21.1 Å². The summed E-state index contributed by atoms with van der Waals surface area (Å²) in [5.41, 5.74) is 0. The van der Waals surface area contributed by atoms with Gasteiger partial charge in [0.2, 0.25) is 0 Å². The van der Waals surface area contributed by atoms with Crippen molar-refractivity contribution in [3.05, 3.63) is 12.2 Å². The van der Waals surface area contributed by atoms with Crippen molar-refractivity contribution in [1.29, 1.82) is 0 Å². The molecular formula is C80H155NO8. The first-order valence-corrected chi connectivity index (χ1v) is 39.8. The van der Waals surface area contributed by atoms with Crippen molar-refractivity contribution in [1.82, 2.24) is 0 Å². The van der Waals surface area contributed by atoms with Crippen LogP contribution in [0, 0.1) is 0 Å². The minimum atomic E-state index is -1.62. The first-order valence-electron chi connectivity index (χ1n) is 39.8. The largest absolute Gasteiger partial charge is 0.545 e. The number of allylic oxidation sites excluding steroid dienone is 2. The van der Waals surface area contributed by atoms with Crippen LogP contribution < -0.4 is 5.11 Å². The summed E-state index contributed by atoms with van der Waals surface area (Å²) in [5, 5.41) is 11.8. The molecule has 9 heteroatoms. The van der Waals surface area contributed by atoms with Crippen LogP contribution in [0.3, 0.4) is 0 Å². The maximum absolute atomic E-state index is 13.0. The van der Waals surface area contributed by atoms with Crippen LogP contribution in [0.5, 0.6) is 0 Å². The van der Waals surface area contributed by atoms with Crippen LogP contribution in [0.2, 0.25) is 0 Å². The van der Waals surface area contributed by atoms with Gasteiger partial charge < -0.3 is 33.3 Å². The molecule has 89 heavy (non-hydrogen) atoms. The van der Waals surface area contributed by atoms with E-state index in [1.165, 1.54) is 360 Å². The van der Waals surface area contributed by atoms with E-state index in [2.05, 4.69) is 26.0 Å². The summed E-state index contributed by atoms with van der Waals surface area (Å²) < 4.78 is 22.9. The predicted octanol–water partition coefficient (Wildman–Crippen LogP) is 23.8. The number of ether oxygens (including phenoxy) is 4. The minimum Gasteiger partial charge on any atom is -0.545 e. The van der Waals surface area contributed by atoms with Crippen LogP contribution in [0.1, 0.15) is 425 Å². The number of aliphatic carboxylic acids is 1. The molecule has 0 saturated heterocycles. The van der Waals surface area contributed by atoms with Crippen molar-refractivity contribution in [3.8, 4) is 0 Å². The smallest absolute Gasteiger partial charge is 0.306 e. The van der Waals surface area contributed by atoms with E-state index in [-0.39, 0.29) is 32.2 Å². The Labute approximate surface area is 555 Å². The molecule has 0 aliphatic rings. The third kappa shape index (κ3) is 73.3. The number of hydrogen-bond donors (Lipinski definition) is 0. The van der Waals surface area contributed by atoms with Gasteiger partial charge in [0.25, 0.3) is 0 Å². The Morgan fingerprint density at radius 2 is 0.573 bits per heavy atom. The summed E-state index contributed by atoms with van der Waals surface area (Å²) in [4.78, 5) is 37.6. The second-order valence-corrected chi connectivity index (χ2v) is 28.7. The maximum atomic E-state index is 13.0. The van der Waals surface area contributed by atoms with Gasteiger partial charge in [0.05, 0.1) is 40.3 Å². The van der Waals surface area contributed by atoms with E-state index >= 15 is 0 Å². The number of carbonyl (C=O) groups is 3. The van der Waals surface area contributed by atoms with Crippen LogP contribution in [0.15, 0.2) is 12.2 Å². The van der Waals surface area contributed by atoms with E-state index in [0.717, 1.165) is 38.5 Å². The molecule has 0 spiro atoms. The Bertz CT molecular complexity index is 1460. The third-order valence-electron chi connectivity index (χ3n) is 18.5. The zero-order chi connectivity index (χ0) is 64.7. The van der Waals surface area contributed by atoms with Gasteiger partial charge in [-0.25, -0.2) is 0 Å². The second kappa shape index (κ2) is 71.9. The van der Waals surface area contributed by atoms with Gasteiger partial charge in [0, 0.05) is 12.8 Å². The molecule has 0 fully saturated rings. The molecule has 0 aromatic rings. The Morgan fingerprint density at radius 3 is 0.831 bits per heavy atom. The van der Waals surface area contributed by atoms with Crippen LogP contribution >= 0.6 is 0 Å². The first kappa shape index (κ1) is 87.0. The Hall–Kier alpha value is -1.97. The molecule has 2 atom stereocenters. The number of likely N-dealkylation sites (N-methyl/N-ethyl adjacent to an activating group) is 1. The van der Waals surface area contributed by atoms with Gasteiger partial charge >= 0.3 is 11.9 Å². The molecule has 0 rings (SSSR count). The normalized spacial score (nSPS) is 12.6. The maximum Gasteiger partial charge on any atom is 0.306 e. The first-order chi connectivity index (χ1) is 43.6. The van der Waals surface area contributed by atoms with Crippen molar-refractivity contribution in [3.63, 3.8) is 0 Å². The molecule has 9 nitrogen and oxygen atoms in total. The van der Waals surface area contributed by atoms with Gasteiger partial charge in [0.15, 0.2) is 12.4 Å². The SMILES string of the molecule is CCCCCCCCCC/C=C\CCCCCCCCCCCCCCCCCCCCCCCCCCCCCC(=O)OC(COC(=O)CCCCCCCCCCCCCCCCCCCCCCCCCCC)COC(OCC[N+](C)(C)C)C(=O)[O-]. The zero-order valence-corrected chi connectivity index (χ0v) is 60.6. The molecule has 2 unspecified atom stereocenters. The number of carboxylic acid groups (broad SMARTS) is 1. The highest BCUT2D eigenvalue weighted by Gasteiger charge is 2.22. The lowest BCUT2D eigenvalue weighted by atomic mass is 10.0. The summed E-state index contributed by atoms with van der Waals surface area (Å²) in [6, 6.07) is 0. The minimum absolute atomic E-state index is 0.153. The van der Waals surface area contributed by atoms with Crippen LogP contribution in [0.4, 0.5) is 0 Å². The molecular weight excluding hydrogens is 1100 g/mol. The van der Waals surface area contributed by atoms with E-state index in [9.17, 15) is 19.5 Å². The summed E-state index contributed by atoms with van der Waals surface area (Å²) >= 11 is 0. The highest BCUT2D eigenvalue weighted by Crippen LogP contribution is 2.20. The quantitative estimate of drug-likeness (QED) is 0.0195. The standard InChI is InChI=1S/C80H155NO8/c1-6-8-10-12-14-16-18-20-22-24-26-28-30-32-33-34-35-36-37-38-39-40-41-42-43-44-45-47-49-51-53-55-57-59-61-63-65-67-69-71-78(83)89-76(75-88-80(79(84)85)86-73-72-81(3,4)5)74-87-77(82)70-68-66-64-62-60-58-56-54-52-50-48-46-31-29-27-25-23-21-19-17-15-13-11-9-7-2/h24,26,76,80H,6-23,25,27-75H2,1-5H3/b26-24-. The van der Waals surface area contributed by atoms with Gasteiger partial charge in [-0.3, -0.25) is 9.59 Å². The second-order valence-electron chi connectivity index (χ2n) is 28.7. The Morgan fingerprint density at radius 1 is 0.326 bits per heavy atom. The monoisotopic (exact) mass is 1260 g/mol. The van der Waals surface area contributed by atoms with Gasteiger partial charge in [0.1, 0.15) is 13.2 Å².